The molecule has 1 N–H and O–H groups in total. The minimum Gasteiger partial charge on any atom is -0.486 e. The molecule has 6 heteroatoms. The number of amides is 1. The Bertz CT molecular complexity index is 705. The summed E-state index contributed by atoms with van der Waals surface area (Å²) in [6.45, 7) is 0.919. The lowest BCUT2D eigenvalue weighted by Crippen LogP contribution is -2.20. The van der Waals surface area contributed by atoms with Gasteiger partial charge >= 0.3 is 0 Å². The van der Waals surface area contributed by atoms with Crippen molar-refractivity contribution in [2.75, 3.05) is 18.5 Å². The fraction of sp³-hybridized carbons (Fsp3) is 0.133. The lowest BCUT2D eigenvalue weighted by Gasteiger charge is -2.20. The molecule has 1 aliphatic heterocycles. The standard InChI is InChI=1S/C15H11BrClNO3/c16-11-8-9(17)4-5-12(11)18-15(19)10-2-1-3-13-14(10)21-7-6-20-13/h1-5,8H,6-7H2,(H,18,19). The third-order valence-corrected chi connectivity index (χ3v) is 3.88. The number of ether oxygens (including phenoxy) is 2. The molecule has 3 rings (SSSR count). The van der Waals surface area contributed by atoms with Crippen LogP contribution in [0, 0.1) is 0 Å². The third-order valence-electron chi connectivity index (χ3n) is 2.99. The average molecular weight is 369 g/mol. The van der Waals surface area contributed by atoms with Gasteiger partial charge in [-0.05, 0) is 46.3 Å². The second-order valence-corrected chi connectivity index (χ2v) is 5.70. The van der Waals surface area contributed by atoms with Crippen molar-refractivity contribution < 1.29 is 14.3 Å². The largest absolute Gasteiger partial charge is 0.486 e. The zero-order valence-corrected chi connectivity index (χ0v) is 13.2. The fourth-order valence-electron chi connectivity index (χ4n) is 2.03. The van der Waals surface area contributed by atoms with Crippen molar-refractivity contribution in [3.63, 3.8) is 0 Å². The summed E-state index contributed by atoms with van der Waals surface area (Å²) in [6.07, 6.45) is 0. The average Bonchev–Trinajstić information content (AvgIpc) is 2.49. The van der Waals surface area contributed by atoms with Crippen molar-refractivity contribution in [2.24, 2.45) is 0 Å². The zero-order valence-electron chi connectivity index (χ0n) is 10.9. The predicted molar refractivity (Wildman–Crippen MR) is 84.5 cm³/mol. The first-order valence-electron chi connectivity index (χ1n) is 6.30. The van der Waals surface area contributed by atoms with Crippen LogP contribution in [-0.2, 0) is 0 Å². The van der Waals surface area contributed by atoms with E-state index >= 15 is 0 Å². The van der Waals surface area contributed by atoms with Crippen molar-refractivity contribution >= 4 is 39.1 Å². The number of hydrogen-bond acceptors (Lipinski definition) is 3. The van der Waals surface area contributed by atoms with E-state index in [0.717, 1.165) is 0 Å². The van der Waals surface area contributed by atoms with Gasteiger partial charge in [-0.2, -0.15) is 0 Å². The zero-order chi connectivity index (χ0) is 14.8. The van der Waals surface area contributed by atoms with E-state index in [1.807, 2.05) is 0 Å². The molecule has 21 heavy (non-hydrogen) atoms. The fourth-order valence-corrected chi connectivity index (χ4v) is 2.81. The highest BCUT2D eigenvalue weighted by atomic mass is 79.9. The molecule has 2 aromatic carbocycles. The van der Waals surface area contributed by atoms with Crippen LogP contribution in [0.5, 0.6) is 11.5 Å². The molecule has 1 amide bonds. The molecule has 0 fully saturated rings. The van der Waals surface area contributed by atoms with Gasteiger partial charge in [0.25, 0.3) is 5.91 Å². The van der Waals surface area contributed by atoms with Gasteiger partial charge in [0.05, 0.1) is 11.3 Å². The molecule has 0 aromatic heterocycles. The second-order valence-electron chi connectivity index (χ2n) is 4.41. The number of fused-ring (bicyclic) bond motifs is 1. The van der Waals surface area contributed by atoms with Crippen LogP contribution < -0.4 is 14.8 Å². The topological polar surface area (TPSA) is 47.6 Å². The van der Waals surface area contributed by atoms with Gasteiger partial charge in [-0.1, -0.05) is 17.7 Å². The Kier molecular flexibility index (Phi) is 4.03. The van der Waals surface area contributed by atoms with Gasteiger partial charge in [0.1, 0.15) is 13.2 Å². The number of nitrogens with one attached hydrogen (secondary N) is 1. The molecular weight excluding hydrogens is 358 g/mol. The van der Waals surface area contributed by atoms with E-state index in [-0.39, 0.29) is 5.91 Å². The van der Waals surface area contributed by atoms with Crippen molar-refractivity contribution in [3.05, 3.63) is 51.5 Å². The molecule has 0 unspecified atom stereocenters. The van der Waals surface area contributed by atoms with Gasteiger partial charge in [-0.3, -0.25) is 4.79 Å². The summed E-state index contributed by atoms with van der Waals surface area (Å²) in [7, 11) is 0. The van der Waals surface area contributed by atoms with Crippen LogP contribution in [0.2, 0.25) is 5.02 Å². The van der Waals surface area contributed by atoms with Gasteiger partial charge in [0.2, 0.25) is 0 Å². The minimum absolute atomic E-state index is 0.264. The quantitative estimate of drug-likeness (QED) is 0.867. The number of benzene rings is 2. The number of halogens is 2. The Balaban J connectivity index is 1.89. The maximum Gasteiger partial charge on any atom is 0.259 e. The smallest absolute Gasteiger partial charge is 0.259 e. The van der Waals surface area contributed by atoms with E-state index < -0.39 is 0 Å². The molecule has 1 heterocycles. The Hall–Kier alpha value is -1.72. The number of carbonyl (C=O) groups is 1. The number of para-hydroxylation sites is 1. The molecule has 2 aromatic rings. The van der Waals surface area contributed by atoms with Gasteiger partial charge in [-0.25, -0.2) is 0 Å². The summed E-state index contributed by atoms with van der Waals surface area (Å²) in [6, 6.07) is 10.4. The number of hydrogen-bond donors (Lipinski definition) is 1. The molecule has 4 nitrogen and oxygen atoms in total. The predicted octanol–water partition coefficient (Wildman–Crippen LogP) is 4.13. The molecule has 1 aliphatic rings. The Morgan fingerprint density at radius 3 is 2.81 bits per heavy atom. The summed E-state index contributed by atoms with van der Waals surface area (Å²) in [5, 5.41) is 3.42. The minimum atomic E-state index is -0.264. The molecule has 0 saturated heterocycles. The molecule has 0 aliphatic carbocycles. The van der Waals surface area contributed by atoms with Gasteiger partial charge in [0.15, 0.2) is 11.5 Å². The van der Waals surface area contributed by atoms with Crippen LogP contribution in [0.4, 0.5) is 5.69 Å². The third kappa shape index (κ3) is 2.99. The van der Waals surface area contributed by atoms with E-state index in [2.05, 4.69) is 21.2 Å². The van der Waals surface area contributed by atoms with E-state index in [1.165, 1.54) is 0 Å². The second kappa shape index (κ2) is 5.95. The van der Waals surface area contributed by atoms with Crippen LogP contribution in [0.1, 0.15) is 10.4 Å². The first-order valence-corrected chi connectivity index (χ1v) is 7.47. The molecule has 108 valence electrons. The van der Waals surface area contributed by atoms with Crippen LogP contribution in [0.25, 0.3) is 0 Å². The van der Waals surface area contributed by atoms with Gasteiger partial charge < -0.3 is 14.8 Å². The highest BCUT2D eigenvalue weighted by Gasteiger charge is 2.20. The van der Waals surface area contributed by atoms with Crippen molar-refractivity contribution in [1.29, 1.82) is 0 Å². The SMILES string of the molecule is O=C(Nc1ccc(Cl)cc1Br)c1cccc2c1OCCO2. The Morgan fingerprint density at radius 1 is 1.19 bits per heavy atom. The van der Waals surface area contributed by atoms with Crippen LogP contribution in [0.15, 0.2) is 40.9 Å². The number of rotatable bonds is 2. The molecular formula is C15H11BrClNO3. The van der Waals surface area contributed by atoms with Crippen molar-refractivity contribution in [2.45, 2.75) is 0 Å². The molecule has 0 spiro atoms. The summed E-state index contributed by atoms with van der Waals surface area (Å²) < 4.78 is 11.7. The maximum absolute atomic E-state index is 12.4. The first-order chi connectivity index (χ1) is 10.1. The maximum atomic E-state index is 12.4. The summed E-state index contributed by atoms with van der Waals surface area (Å²) >= 11 is 9.25. The van der Waals surface area contributed by atoms with Gasteiger partial charge in [-0.15, -0.1) is 0 Å². The van der Waals surface area contributed by atoms with Crippen LogP contribution >= 0.6 is 27.5 Å². The Morgan fingerprint density at radius 2 is 2.00 bits per heavy atom. The Labute approximate surface area is 135 Å². The molecule has 0 radical (unpaired) electrons. The van der Waals surface area contributed by atoms with E-state index in [1.54, 1.807) is 36.4 Å². The monoisotopic (exact) mass is 367 g/mol. The summed E-state index contributed by atoms with van der Waals surface area (Å²) in [5.41, 5.74) is 1.08. The van der Waals surface area contributed by atoms with E-state index in [9.17, 15) is 4.79 Å². The van der Waals surface area contributed by atoms with E-state index in [0.29, 0.717) is 45.5 Å². The lowest BCUT2D eigenvalue weighted by atomic mass is 10.1. The molecule has 0 bridgehead atoms. The number of carbonyl (C=O) groups excluding carboxylic acids is 1. The summed E-state index contributed by atoms with van der Waals surface area (Å²) in [5.74, 6) is 0.802. The van der Waals surface area contributed by atoms with Gasteiger partial charge in [0, 0.05) is 9.50 Å². The lowest BCUT2D eigenvalue weighted by molar-refractivity contribution is 0.101. The first kappa shape index (κ1) is 14.2. The molecule has 0 atom stereocenters. The highest BCUT2D eigenvalue weighted by Crippen LogP contribution is 2.34. The number of anilines is 1. The highest BCUT2D eigenvalue weighted by molar-refractivity contribution is 9.10. The van der Waals surface area contributed by atoms with Crippen LogP contribution in [0.3, 0.4) is 0 Å². The van der Waals surface area contributed by atoms with Crippen molar-refractivity contribution in [3.8, 4) is 11.5 Å². The molecule has 0 saturated carbocycles. The van der Waals surface area contributed by atoms with Crippen LogP contribution in [-0.4, -0.2) is 19.1 Å². The van der Waals surface area contributed by atoms with E-state index in [4.69, 9.17) is 21.1 Å². The summed E-state index contributed by atoms with van der Waals surface area (Å²) in [4.78, 5) is 12.4. The normalized spacial score (nSPS) is 12.9. The van der Waals surface area contributed by atoms with Crippen molar-refractivity contribution in [1.82, 2.24) is 0 Å².